The SMILES string of the molecule is O=C(O)c1csc(N(c2cccs2)S(=O)(=O)O)n1. The van der Waals surface area contributed by atoms with E-state index in [0.717, 1.165) is 22.7 Å². The van der Waals surface area contributed by atoms with E-state index in [-0.39, 0.29) is 15.8 Å². The number of nitrogens with zero attached hydrogens (tertiary/aromatic N) is 2. The Morgan fingerprint density at radius 2 is 2.11 bits per heavy atom. The molecular weight excluding hydrogens is 300 g/mol. The van der Waals surface area contributed by atoms with Gasteiger partial charge in [0.25, 0.3) is 0 Å². The van der Waals surface area contributed by atoms with Crippen molar-refractivity contribution in [3.8, 4) is 0 Å². The second kappa shape index (κ2) is 4.65. The zero-order valence-corrected chi connectivity index (χ0v) is 11.0. The third-order valence-electron chi connectivity index (χ3n) is 1.82. The van der Waals surface area contributed by atoms with Crippen LogP contribution in [0.25, 0.3) is 0 Å². The number of anilines is 2. The minimum atomic E-state index is -4.55. The van der Waals surface area contributed by atoms with Crippen molar-refractivity contribution in [1.29, 1.82) is 0 Å². The van der Waals surface area contributed by atoms with Crippen LogP contribution in [-0.2, 0) is 10.3 Å². The quantitative estimate of drug-likeness (QED) is 0.834. The van der Waals surface area contributed by atoms with Crippen molar-refractivity contribution in [3.05, 3.63) is 28.6 Å². The van der Waals surface area contributed by atoms with Crippen LogP contribution in [0.15, 0.2) is 22.9 Å². The molecule has 0 amide bonds. The number of thiazole rings is 1. The van der Waals surface area contributed by atoms with E-state index in [1.165, 1.54) is 11.4 Å². The average Bonchev–Trinajstić information content (AvgIpc) is 2.86. The first-order valence-corrected chi connectivity index (χ1v) is 7.55. The van der Waals surface area contributed by atoms with Gasteiger partial charge in [0.1, 0.15) is 5.00 Å². The Balaban J connectivity index is 2.51. The van der Waals surface area contributed by atoms with Crippen molar-refractivity contribution in [2.45, 2.75) is 0 Å². The van der Waals surface area contributed by atoms with Crippen LogP contribution in [0.5, 0.6) is 0 Å². The summed E-state index contributed by atoms with van der Waals surface area (Å²) in [5.74, 6) is -1.26. The lowest BCUT2D eigenvalue weighted by molar-refractivity contribution is 0.0691. The minimum Gasteiger partial charge on any atom is -0.476 e. The molecule has 18 heavy (non-hydrogen) atoms. The third-order valence-corrected chi connectivity index (χ3v) is 4.56. The molecule has 10 heteroatoms. The highest BCUT2D eigenvalue weighted by atomic mass is 32.2. The first-order chi connectivity index (χ1) is 8.39. The molecule has 0 atom stereocenters. The molecule has 2 heterocycles. The highest BCUT2D eigenvalue weighted by Gasteiger charge is 2.26. The molecule has 0 unspecified atom stereocenters. The Morgan fingerprint density at radius 1 is 1.39 bits per heavy atom. The predicted molar refractivity (Wildman–Crippen MR) is 67.1 cm³/mol. The molecule has 0 aliphatic heterocycles. The summed E-state index contributed by atoms with van der Waals surface area (Å²) in [5.41, 5.74) is -0.278. The Labute approximate surface area is 110 Å². The fraction of sp³-hybridized carbons (Fsp3) is 0. The standard InChI is InChI=1S/C8H6N2O5S3/c11-7(12)5-4-17-8(9-5)10(18(13,14)15)6-2-1-3-16-6/h1-4H,(H,11,12)(H,13,14,15). The smallest absolute Gasteiger partial charge is 0.366 e. The van der Waals surface area contributed by atoms with Crippen LogP contribution in [0.4, 0.5) is 10.1 Å². The van der Waals surface area contributed by atoms with Crippen molar-refractivity contribution >= 4 is 49.1 Å². The molecule has 2 aromatic rings. The van der Waals surface area contributed by atoms with E-state index in [1.807, 2.05) is 0 Å². The predicted octanol–water partition coefficient (Wildman–Crippen LogP) is 1.84. The van der Waals surface area contributed by atoms with E-state index < -0.39 is 16.3 Å². The Hall–Kier alpha value is -1.49. The number of carbonyl (C=O) groups is 1. The van der Waals surface area contributed by atoms with Gasteiger partial charge in [0.05, 0.1) is 0 Å². The van der Waals surface area contributed by atoms with Gasteiger partial charge in [-0.1, -0.05) is 0 Å². The summed E-state index contributed by atoms with van der Waals surface area (Å²) in [5, 5.41) is 11.6. The lowest BCUT2D eigenvalue weighted by atomic mass is 10.5. The second-order valence-electron chi connectivity index (χ2n) is 3.01. The van der Waals surface area contributed by atoms with Crippen LogP contribution in [0, 0.1) is 0 Å². The molecule has 7 nitrogen and oxygen atoms in total. The van der Waals surface area contributed by atoms with Crippen LogP contribution in [-0.4, -0.2) is 29.0 Å². The number of carboxylic acids is 1. The Morgan fingerprint density at radius 3 is 2.56 bits per heavy atom. The number of hydrogen-bond donors (Lipinski definition) is 2. The molecule has 0 aromatic carbocycles. The summed E-state index contributed by atoms with van der Waals surface area (Å²) in [7, 11) is -4.55. The van der Waals surface area contributed by atoms with Crippen LogP contribution >= 0.6 is 22.7 Å². The number of aromatic nitrogens is 1. The summed E-state index contributed by atoms with van der Waals surface area (Å²) in [6, 6.07) is 3.07. The van der Waals surface area contributed by atoms with Gasteiger partial charge in [-0.25, -0.2) is 9.78 Å². The highest BCUT2D eigenvalue weighted by Crippen LogP contribution is 2.33. The molecule has 2 aromatic heterocycles. The van der Waals surface area contributed by atoms with Gasteiger partial charge in [0.15, 0.2) is 5.69 Å². The first kappa shape index (κ1) is 13.0. The molecule has 0 bridgehead atoms. The molecular formula is C8H6N2O5S3. The maximum absolute atomic E-state index is 11.3. The Bertz CT molecular complexity index is 661. The number of thiophene rings is 1. The molecule has 0 saturated carbocycles. The van der Waals surface area contributed by atoms with Crippen LogP contribution in [0.2, 0.25) is 0 Å². The lowest BCUT2D eigenvalue weighted by Crippen LogP contribution is -2.24. The Kier molecular flexibility index (Phi) is 3.34. The summed E-state index contributed by atoms with van der Waals surface area (Å²) in [6.45, 7) is 0. The van der Waals surface area contributed by atoms with Gasteiger partial charge in [0.2, 0.25) is 5.13 Å². The number of hydrogen-bond acceptors (Lipinski definition) is 6. The highest BCUT2D eigenvalue weighted by molar-refractivity contribution is 7.88. The molecule has 0 radical (unpaired) electrons. The summed E-state index contributed by atoms with van der Waals surface area (Å²) in [4.78, 5) is 14.3. The van der Waals surface area contributed by atoms with E-state index in [9.17, 15) is 17.8 Å². The van der Waals surface area contributed by atoms with Gasteiger partial charge in [-0.3, -0.25) is 4.55 Å². The minimum absolute atomic E-state index is 0.127. The van der Waals surface area contributed by atoms with Gasteiger partial charge in [-0.05, 0) is 17.5 Å². The summed E-state index contributed by atoms with van der Waals surface area (Å²) in [6.07, 6.45) is 0. The van der Waals surface area contributed by atoms with Gasteiger partial charge in [0, 0.05) is 5.38 Å². The topological polar surface area (TPSA) is 108 Å². The van der Waals surface area contributed by atoms with Crippen LogP contribution in [0.1, 0.15) is 10.5 Å². The van der Waals surface area contributed by atoms with Crippen LogP contribution < -0.4 is 4.31 Å². The monoisotopic (exact) mass is 306 g/mol. The van der Waals surface area contributed by atoms with Crippen molar-refractivity contribution < 1.29 is 22.9 Å². The zero-order chi connectivity index (χ0) is 13.3. The van der Waals surface area contributed by atoms with E-state index in [2.05, 4.69) is 4.98 Å². The van der Waals surface area contributed by atoms with Gasteiger partial charge in [-0.15, -0.1) is 22.7 Å². The molecule has 2 N–H and O–H groups in total. The molecule has 0 fully saturated rings. The van der Waals surface area contributed by atoms with E-state index in [4.69, 9.17) is 5.11 Å². The first-order valence-electron chi connectivity index (χ1n) is 4.39. The largest absolute Gasteiger partial charge is 0.476 e. The van der Waals surface area contributed by atoms with Crippen molar-refractivity contribution in [2.24, 2.45) is 0 Å². The van der Waals surface area contributed by atoms with Gasteiger partial charge >= 0.3 is 16.3 Å². The summed E-state index contributed by atoms with van der Waals surface area (Å²) >= 11 is 1.89. The summed E-state index contributed by atoms with van der Waals surface area (Å²) < 4.78 is 32.4. The van der Waals surface area contributed by atoms with E-state index in [1.54, 1.807) is 11.4 Å². The maximum atomic E-state index is 11.3. The molecule has 0 saturated heterocycles. The van der Waals surface area contributed by atoms with Gasteiger partial charge < -0.3 is 5.11 Å². The molecule has 0 spiro atoms. The molecule has 0 aliphatic rings. The van der Waals surface area contributed by atoms with Gasteiger partial charge in [-0.2, -0.15) is 12.7 Å². The molecule has 0 aliphatic carbocycles. The fourth-order valence-electron chi connectivity index (χ4n) is 1.15. The number of rotatable bonds is 4. The van der Waals surface area contributed by atoms with E-state index >= 15 is 0 Å². The van der Waals surface area contributed by atoms with Crippen molar-refractivity contribution in [1.82, 2.24) is 4.98 Å². The number of aromatic carboxylic acids is 1. The average molecular weight is 306 g/mol. The second-order valence-corrected chi connectivity index (χ2v) is 6.04. The van der Waals surface area contributed by atoms with Crippen LogP contribution in [0.3, 0.4) is 0 Å². The normalized spacial score (nSPS) is 11.4. The maximum Gasteiger partial charge on any atom is 0.366 e. The fourth-order valence-corrected chi connectivity index (χ4v) is 3.91. The zero-order valence-electron chi connectivity index (χ0n) is 8.55. The number of carboxylic acid groups (broad SMARTS) is 1. The van der Waals surface area contributed by atoms with Crippen molar-refractivity contribution in [2.75, 3.05) is 4.31 Å². The molecule has 2 rings (SSSR count). The molecule has 96 valence electrons. The lowest BCUT2D eigenvalue weighted by Gasteiger charge is -2.14. The third kappa shape index (κ3) is 2.51. The van der Waals surface area contributed by atoms with E-state index in [0.29, 0.717) is 4.31 Å². The van der Waals surface area contributed by atoms with Crippen molar-refractivity contribution in [3.63, 3.8) is 0 Å².